The fraction of sp³-hybridized carbons (Fsp3) is 0.353. The van der Waals surface area contributed by atoms with Crippen molar-refractivity contribution in [1.82, 2.24) is 10.6 Å². The lowest BCUT2D eigenvalue weighted by molar-refractivity contribution is 0.203. The van der Waals surface area contributed by atoms with Crippen LogP contribution < -0.4 is 10.6 Å². The molecule has 5 nitrogen and oxygen atoms in total. The molecule has 2 N–H and O–H groups in total. The van der Waals surface area contributed by atoms with Gasteiger partial charge in [-0.15, -0.1) is 0 Å². The monoisotopic (exact) mass is 335 g/mol. The topological polar surface area (TPSA) is 58.8 Å². The Morgan fingerprint density at radius 3 is 2.74 bits per heavy atom. The molecule has 0 saturated carbocycles. The maximum atomic E-state index is 6.16. The second-order valence-corrected chi connectivity index (χ2v) is 5.34. The molecule has 0 aliphatic rings. The number of hydrogen-bond acceptors (Lipinski definition) is 3. The molecule has 23 heavy (non-hydrogen) atoms. The average Bonchev–Trinajstić information content (AvgIpc) is 3.07. The molecular formula is C17H22ClN3O2. The first-order valence-corrected chi connectivity index (χ1v) is 7.94. The zero-order chi connectivity index (χ0) is 16.3. The molecule has 0 aliphatic carbocycles. The van der Waals surface area contributed by atoms with Crippen molar-refractivity contribution < 1.29 is 9.15 Å². The number of nitrogens with one attached hydrogen (secondary N) is 2. The predicted molar refractivity (Wildman–Crippen MR) is 92.9 cm³/mol. The smallest absolute Gasteiger partial charge is 0.191 e. The van der Waals surface area contributed by atoms with Gasteiger partial charge in [0.15, 0.2) is 5.96 Å². The maximum absolute atomic E-state index is 6.16. The summed E-state index contributed by atoms with van der Waals surface area (Å²) >= 11 is 6.16. The van der Waals surface area contributed by atoms with Crippen molar-refractivity contribution in [2.24, 2.45) is 4.99 Å². The zero-order valence-electron chi connectivity index (χ0n) is 13.2. The molecule has 124 valence electrons. The highest BCUT2D eigenvalue weighted by Crippen LogP contribution is 2.15. The number of nitrogens with zero attached hydrogens (tertiary/aromatic N) is 1. The molecule has 0 unspecified atom stereocenters. The van der Waals surface area contributed by atoms with Crippen molar-refractivity contribution in [3.63, 3.8) is 0 Å². The third-order valence-electron chi connectivity index (χ3n) is 3.21. The van der Waals surface area contributed by atoms with E-state index in [9.17, 15) is 0 Å². The van der Waals surface area contributed by atoms with Crippen LogP contribution in [0.25, 0.3) is 0 Å². The van der Waals surface area contributed by atoms with Gasteiger partial charge in [0.05, 0.1) is 19.4 Å². The molecule has 0 fully saturated rings. The van der Waals surface area contributed by atoms with Gasteiger partial charge in [-0.3, -0.25) is 0 Å². The summed E-state index contributed by atoms with van der Waals surface area (Å²) in [7, 11) is 1.67. The Morgan fingerprint density at radius 2 is 2.00 bits per heavy atom. The highest BCUT2D eigenvalue weighted by Gasteiger charge is 2.02. The van der Waals surface area contributed by atoms with Crippen molar-refractivity contribution in [3.05, 3.63) is 59.0 Å². The Hall–Kier alpha value is -1.98. The fourth-order valence-electron chi connectivity index (χ4n) is 2.00. The van der Waals surface area contributed by atoms with Crippen LogP contribution in [-0.4, -0.2) is 32.8 Å². The van der Waals surface area contributed by atoms with Crippen LogP contribution in [0.3, 0.4) is 0 Å². The minimum absolute atomic E-state index is 0.517. The van der Waals surface area contributed by atoms with E-state index in [0.717, 1.165) is 35.3 Å². The number of guanidine groups is 1. The molecule has 1 aromatic carbocycles. The van der Waals surface area contributed by atoms with E-state index in [-0.39, 0.29) is 0 Å². The summed E-state index contributed by atoms with van der Waals surface area (Å²) in [5, 5.41) is 7.24. The second-order valence-electron chi connectivity index (χ2n) is 4.93. The predicted octanol–water partition coefficient (Wildman–Crippen LogP) is 2.86. The van der Waals surface area contributed by atoms with Gasteiger partial charge in [-0.25, -0.2) is 4.99 Å². The first-order valence-electron chi connectivity index (χ1n) is 7.56. The Morgan fingerprint density at radius 1 is 1.17 bits per heavy atom. The third kappa shape index (κ3) is 6.34. The average molecular weight is 336 g/mol. The maximum Gasteiger partial charge on any atom is 0.191 e. The Balaban J connectivity index is 1.89. The van der Waals surface area contributed by atoms with Gasteiger partial charge in [0.1, 0.15) is 5.76 Å². The van der Waals surface area contributed by atoms with Crippen molar-refractivity contribution in [1.29, 1.82) is 0 Å². The fourth-order valence-corrected chi connectivity index (χ4v) is 2.19. The van der Waals surface area contributed by atoms with E-state index in [0.29, 0.717) is 19.7 Å². The van der Waals surface area contributed by atoms with Gasteiger partial charge in [-0.2, -0.15) is 0 Å². The molecule has 6 heteroatoms. The first-order chi connectivity index (χ1) is 11.3. The molecule has 1 heterocycles. The van der Waals surface area contributed by atoms with Crippen molar-refractivity contribution in [2.45, 2.75) is 13.0 Å². The number of benzene rings is 1. The van der Waals surface area contributed by atoms with Crippen LogP contribution in [0.4, 0.5) is 0 Å². The molecule has 2 rings (SSSR count). The molecule has 0 aliphatic heterocycles. The number of methoxy groups -OCH3 is 1. The van der Waals surface area contributed by atoms with E-state index in [1.807, 2.05) is 36.4 Å². The molecule has 1 aromatic heterocycles. The quantitative estimate of drug-likeness (QED) is 0.442. The van der Waals surface area contributed by atoms with Crippen LogP contribution in [-0.2, 0) is 17.7 Å². The summed E-state index contributed by atoms with van der Waals surface area (Å²) in [4.78, 5) is 4.57. The highest BCUT2D eigenvalue weighted by atomic mass is 35.5. The van der Waals surface area contributed by atoms with Gasteiger partial charge in [-0.1, -0.05) is 29.8 Å². The number of aliphatic imine (C=N–C) groups is 1. The van der Waals surface area contributed by atoms with Crippen LogP contribution in [0, 0.1) is 0 Å². The lowest BCUT2D eigenvalue weighted by Crippen LogP contribution is -2.40. The molecule has 0 amide bonds. The van der Waals surface area contributed by atoms with Gasteiger partial charge in [0, 0.05) is 31.6 Å². The molecule has 0 saturated heterocycles. The van der Waals surface area contributed by atoms with Crippen LogP contribution in [0.1, 0.15) is 11.3 Å². The molecule has 0 spiro atoms. The Labute approximate surface area is 141 Å². The van der Waals surface area contributed by atoms with E-state index >= 15 is 0 Å². The summed E-state index contributed by atoms with van der Waals surface area (Å²) < 4.78 is 10.4. The number of ether oxygens (including phenoxy) is 1. The van der Waals surface area contributed by atoms with Gasteiger partial charge in [0.2, 0.25) is 0 Å². The minimum atomic E-state index is 0.517. The van der Waals surface area contributed by atoms with Crippen LogP contribution in [0.5, 0.6) is 0 Å². The van der Waals surface area contributed by atoms with E-state index in [1.54, 1.807) is 13.4 Å². The van der Waals surface area contributed by atoms with E-state index in [2.05, 4.69) is 15.6 Å². The lowest BCUT2D eigenvalue weighted by Gasteiger charge is -2.12. The number of furan rings is 1. The van der Waals surface area contributed by atoms with E-state index in [4.69, 9.17) is 20.8 Å². The van der Waals surface area contributed by atoms with Crippen molar-refractivity contribution in [2.75, 3.05) is 26.8 Å². The van der Waals surface area contributed by atoms with Gasteiger partial charge in [0.25, 0.3) is 0 Å². The SMILES string of the molecule is COCCNC(=NCc1ccccc1Cl)NCCc1ccco1. The summed E-state index contributed by atoms with van der Waals surface area (Å²) in [6, 6.07) is 11.6. The second kappa shape index (κ2) is 9.92. The van der Waals surface area contributed by atoms with Crippen LogP contribution >= 0.6 is 11.6 Å². The minimum Gasteiger partial charge on any atom is -0.469 e. The largest absolute Gasteiger partial charge is 0.469 e. The van der Waals surface area contributed by atoms with E-state index < -0.39 is 0 Å². The van der Waals surface area contributed by atoms with Crippen LogP contribution in [0.15, 0.2) is 52.1 Å². The third-order valence-corrected chi connectivity index (χ3v) is 3.58. The number of hydrogen-bond donors (Lipinski definition) is 2. The normalized spacial score (nSPS) is 11.5. The summed E-state index contributed by atoms with van der Waals surface area (Å²) in [5.74, 6) is 1.67. The highest BCUT2D eigenvalue weighted by molar-refractivity contribution is 6.31. The van der Waals surface area contributed by atoms with Gasteiger partial charge < -0.3 is 19.8 Å². The molecule has 0 bridgehead atoms. The van der Waals surface area contributed by atoms with Crippen molar-refractivity contribution in [3.8, 4) is 0 Å². The van der Waals surface area contributed by atoms with E-state index in [1.165, 1.54) is 0 Å². The molecule has 0 atom stereocenters. The summed E-state index contributed by atoms with van der Waals surface area (Å²) in [5.41, 5.74) is 0.994. The van der Waals surface area contributed by atoms with Crippen LogP contribution in [0.2, 0.25) is 5.02 Å². The molecule has 2 aromatic rings. The number of halogens is 1. The Kier molecular flexibility index (Phi) is 7.49. The summed E-state index contributed by atoms with van der Waals surface area (Å²) in [6.07, 6.45) is 2.47. The number of rotatable bonds is 8. The first kappa shape index (κ1) is 17.4. The lowest BCUT2D eigenvalue weighted by atomic mass is 10.2. The zero-order valence-corrected chi connectivity index (χ0v) is 14.0. The molecular weight excluding hydrogens is 314 g/mol. The summed E-state index contributed by atoms with van der Waals surface area (Å²) in [6.45, 7) is 2.55. The van der Waals surface area contributed by atoms with Crippen molar-refractivity contribution >= 4 is 17.6 Å². The van der Waals surface area contributed by atoms with Gasteiger partial charge in [-0.05, 0) is 23.8 Å². The standard InChI is InChI=1S/C17H22ClN3O2/c1-22-12-10-20-17(19-9-8-15-6-4-11-23-15)21-13-14-5-2-3-7-16(14)18/h2-7,11H,8-10,12-13H2,1H3,(H2,19,20,21). The Bertz CT molecular complexity index is 600. The molecule has 0 radical (unpaired) electrons. The van der Waals surface area contributed by atoms with Gasteiger partial charge >= 0.3 is 0 Å².